The van der Waals surface area contributed by atoms with E-state index in [2.05, 4.69) is 10.6 Å². The highest BCUT2D eigenvalue weighted by Gasteiger charge is 2.53. The number of aromatic carboxylic acids is 1. The Morgan fingerprint density at radius 2 is 1.64 bits per heavy atom. The lowest BCUT2D eigenvalue weighted by molar-refractivity contribution is -0.160. The normalized spacial score (nSPS) is 30.4. The van der Waals surface area contributed by atoms with Gasteiger partial charge in [-0.15, -0.1) is 0 Å². The minimum Gasteiger partial charge on any atom is -0.507 e. The number of nitrogens with zero attached hydrogens (tertiary/aromatic N) is 2. The Labute approximate surface area is 425 Å². The number of aromatic nitrogens is 1. The minimum absolute atomic E-state index is 0.0188. The first-order chi connectivity index (χ1) is 34.9. The summed E-state index contributed by atoms with van der Waals surface area (Å²) in [6.07, 6.45) is 5.93. The van der Waals surface area contributed by atoms with Gasteiger partial charge in [0.25, 0.3) is 11.7 Å². The van der Waals surface area contributed by atoms with Crippen LogP contribution in [0.2, 0.25) is 0 Å². The number of aliphatic hydroxyl groups excluding tert-OH is 2. The largest absolute Gasteiger partial charge is 0.507 e. The lowest BCUT2D eigenvalue weighted by atomic mass is 9.78. The number of carboxylic acids is 1. The van der Waals surface area contributed by atoms with Gasteiger partial charge in [-0.25, -0.2) is 9.18 Å². The number of carboxylic acid groups (broad SMARTS) is 1. The lowest BCUT2D eigenvalue weighted by Gasteiger charge is -2.38. The molecule has 4 aliphatic heterocycles. The number of ketones is 3. The number of rotatable bonds is 7. The lowest BCUT2D eigenvalue weighted by Crippen LogP contribution is -2.46. The molecule has 20 heteroatoms. The summed E-state index contributed by atoms with van der Waals surface area (Å²) in [5, 5.41) is 50.1. The van der Waals surface area contributed by atoms with Crippen molar-refractivity contribution in [1.82, 2.24) is 15.2 Å². The van der Waals surface area contributed by atoms with E-state index >= 15 is 9.18 Å². The average Bonchev–Trinajstić information content (AvgIpc) is 4.04. The number of methoxy groups -OCH3 is 1. The van der Waals surface area contributed by atoms with E-state index in [-0.39, 0.29) is 59.1 Å². The van der Waals surface area contributed by atoms with Crippen LogP contribution in [0.5, 0.6) is 11.5 Å². The Hall–Kier alpha value is -7.16. The fraction of sp³-hybridized carbons (Fsp3) is 0.463. The van der Waals surface area contributed by atoms with Crippen LogP contribution in [0.4, 0.5) is 10.1 Å². The highest BCUT2D eigenvalue weighted by atomic mass is 19.1. The zero-order chi connectivity index (χ0) is 54.0. The van der Waals surface area contributed by atoms with Crippen LogP contribution in [-0.2, 0) is 23.8 Å². The molecule has 1 amide bonds. The number of aromatic hydroxyl groups is 1. The Balaban J connectivity index is 1.20. The second-order valence-electron chi connectivity index (χ2n) is 20.3. The standard InChI is InChI=1S/C54H61FN4O15/c1-23-11-10-12-24(2)52(68)57-42-41(56-30-15-17-58(21-30)36-20-35-32(19-34(36)55)46(64)33(53(69)70)22-59(35)31-13-14-31)47(65)38-39(48(42)66)45(63)28(6)50-40(38)51(67)54(8,74-50)72-18-16-37(71-9)25(3)49(73-29(7)60)27(5)44(62)26(4)43(23)61/h10-12,16,18-20,22-23,25-27,30-31,37,43-44,49,56,61-63H,13-15,17,21H2,1-9H3,(H,57,68)(H,69,70)/b11-10+,18-16+,24-12-/t23-,25+,26+,27+,30+,37-,43-,44+,49+,54-/m0/s1. The SMILES string of the molecule is CO[C@H]1/C=C/O[C@@]2(C)Oc3c(C)c(O)c4c(c3C2=O)C(=O)C(N[C@@H]2CCN(c3cc5c(cc3F)c(=O)c(C(=O)O)cn5C3CC3)C2)=C(NC(=O)/C(C)=C\C=C\[C@H](C)[C@H](O)[C@@H](C)[C@@H](O)[C@@H](C)[C@H](OC(C)=O)[C@@H]1C)C4=O. The van der Waals surface area contributed by atoms with E-state index in [1.165, 1.54) is 65.3 Å². The van der Waals surface area contributed by atoms with Crippen molar-refractivity contribution >= 4 is 51.8 Å². The molecule has 1 aromatic heterocycles. The maximum Gasteiger partial charge on any atom is 0.341 e. The molecule has 3 aromatic rings. The van der Waals surface area contributed by atoms with Crippen molar-refractivity contribution in [2.45, 2.75) is 117 Å². The van der Waals surface area contributed by atoms with Crippen molar-refractivity contribution in [2.24, 2.45) is 23.7 Å². The fourth-order valence-corrected chi connectivity index (χ4v) is 10.5. The Morgan fingerprint density at radius 1 is 0.932 bits per heavy atom. The third-order valence-corrected chi connectivity index (χ3v) is 15.1. The highest BCUT2D eigenvalue weighted by molar-refractivity contribution is 6.32. The molecule has 6 N–H and O–H groups in total. The number of pyridine rings is 1. The van der Waals surface area contributed by atoms with Crippen molar-refractivity contribution < 1.29 is 72.5 Å². The molecule has 2 aliphatic carbocycles. The van der Waals surface area contributed by atoms with Crippen LogP contribution in [-0.4, -0.2) is 117 Å². The zero-order valence-electron chi connectivity index (χ0n) is 42.5. The molecule has 5 bridgehead atoms. The van der Waals surface area contributed by atoms with Crippen LogP contribution in [0.1, 0.15) is 121 Å². The number of esters is 1. The van der Waals surface area contributed by atoms with Gasteiger partial charge in [0.1, 0.15) is 40.4 Å². The first-order valence-electron chi connectivity index (χ1n) is 24.6. The topological polar surface area (TPSA) is 270 Å². The van der Waals surface area contributed by atoms with Crippen LogP contribution in [0.3, 0.4) is 0 Å². The summed E-state index contributed by atoms with van der Waals surface area (Å²) in [5.41, 5.74) is -3.36. The number of aliphatic hydroxyl groups is 2. The number of anilines is 1. The summed E-state index contributed by atoms with van der Waals surface area (Å²) in [7, 11) is 1.40. The van der Waals surface area contributed by atoms with Gasteiger partial charge in [-0.3, -0.25) is 28.8 Å². The molecule has 2 aromatic carbocycles. The van der Waals surface area contributed by atoms with Crippen LogP contribution in [0, 0.1) is 36.4 Å². The van der Waals surface area contributed by atoms with Gasteiger partial charge in [-0.05, 0) is 51.3 Å². The number of allylic oxidation sites excluding steroid dienone is 4. The number of phenols is 1. The van der Waals surface area contributed by atoms with E-state index in [4.69, 9.17) is 18.9 Å². The van der Waals surface area contributed by atoms with Gasteiger partial charge in [0.15, 0.2) is 0 Å². The molecule has 0 spiro atoms. The molecular formula is C54H61FN4O15. The molecule has 9 rings (SSSR count). The van der Waals surface area contributed by atoms with Crippen molar-refractivity contribution in [3.05, 3.63) is 110 Å². The molecule has 0 unspecified atom stereocenters. The average molecular weight is 1030 g/mol. The van der Waals surface area contributed by atoms with Crippen LogP contribution >= 0.6 is 0 Å². The quantitative estimate of drug-likeness (QED) is 0.164. The number of Topliss-reactive ketones (excluding diaryl/α,β-unsaturated/α-hetero) is 3. The van der Waals surface area contributed by atoms with Gasteiger partial charge in [0.05, 0.1) is 52.5 Å². The monoisotopic (exact) mass is 1020 g/mol. The second-order valence-corrected chi connectivity index (χ2v) is 20.3. The number of amides is 1. The van der Waals surface area contributed by atoms with E-state index in [1.54, 1.807) is 43.2 Å². The third-order valence-electron chi connectivity index (χ3n) is 15.1. The number of fused-ring (bicyclic) bond motifs is 15. The molecule has 5 heterocycles. The van der Waals surface area contributed by atoms with E-state index in [0.717, 1.165) is 25.2 Å². The van der Waals surface area contributed by atoms with Gasteiger partial charge in [0.2, 0.25) is 17.0 Å². The third kappa shape index (κ3) is 9.49. The maximum atomic E-state index is 16.1. The van der Waals surface area contributed by atoms with Gasteiger partial charge in [0, 0.05) is 92.5 Å². The number of ether oxygens (including phenoxy) is 4. The molecule has 1 saturated carbocycles. The van der Waals surface area contributed by atoms with Crippen molar-refractivity contribution in [3.63, 3.8) is 0 Å². The van der Waals surface area contributed by atoms with Crippen molar-refractivity contribution in [1.29, 1.82) is 0 Å². The molecule has 6 aliphatic rings. The van der Waals surface area contributed by atoms with Gasteiger partial charge in [-0.1, -0.05) is 45.9 Å². The first kappa shape index (κ1) is 53.1. The van der Waals surface area contributed by atoms with E-state index in [9.17, 15) is 49.2 Å². The van der Waals surface area contributed by atoms with Crippen LogP contribution in [0.15, 0.2) is 70.7 Å². The molecule has 2 fully saturated rings. The number of carbonyl (C=O) groups excluding carboxylic acids is 5. The Morgan fingerprint density at radius 3 is 2.28 bits per heavy atom. The summed E-state index contributed by atoms with van der Waals surface area (Å²) < 4.78 is 41.4. The van der Waals surface area contributed by atoms with Gasteiger partial charge < -0.3 is 59.5 Å². The van der Waals surface area contributed by atoms with Crippen molar-refractivity contribution in [2.75, 3.05) is 25.1 Å². The summed E-state index contributed by atoms with van der Waals surface area (Å²) in [6.45, 7) is 12.3. The Bertz CT molecular complexity index is 3080. The zero-order valence-corrected chi connectivity index (χ0v) is 42.5. The van der Waals surface area contributed by atoms with Crippen LogP contribution in [0.25, 0.3) is 10.9 Å². The Kier molecular flexibility index (Phi) is 14.6. The number of nitrogens with one attached hydrogen (secondary N) is 2. The first-order valence-corrected chi connectivity index (χ1v) is 24.6. The maximum absolute atomic E-state index is 16.1. The molecule has 19 nitrogen and oxygen atoms in total. The molecule has 394 valence electrons. The summed E-state index contributed by atoms with van der Waals surface area (Å²) in [6, 6.07) is 1.71. The van der Waals surface area contributed by atoms with E-state index in [0.29, 0.717) is 5.52 Å². The van der Waals surface area contributed by atoms with E-state index < -0.39 is 140 Å². The summed E-state index contributed by atoms with van der Waals surface area (Å²) in [5.74, 6) is -12.5. The second kappa shape index (κ2) is 20.3. The molecule has 1 saturated heterocycles. The molecular weight excluding hydrogens is 964 g/mol. The van der Waals surface area contributed by atoms with Gasteiger partial charge >= 0.3 is 17.7 Å². The summed E-state index contributed by atoms with van der Waals surface area (Å²) in [4.78, 5) is 98.1. The number of hydrogen-bond acceptors (Lipinski definition) is 16. The van der Waals surface area contributed by atoms with Crippen molar-refractivity contribution in [3.8, 4) is 11.5 Å². The summed E-state index contributed by atoms with van der Waals surface area (Å²) >= 11 is 0. The molecule has 10 atom stereocenters. The number of carbonyl (C=O) groups is 6. The predicted octanol–water partition coefficient (Wildman–Crippen LogP) is 5.31. The van der Waals surface area contributed by atoms with Gasteiger partial charge in [-0.2, -0.15) is 0 Å². The highest BCUT2D eigenvalue weighted by Crippen LogP contribution is 2.49. The number of hydrogen-bond donors (Lipinski definition) is 6. The van der Waals surface area contributed by atoms with E-state index in [1.807, 2.05) is 0 Å². The number of benzene rings is 2. The molecule has 74 heavy (non-hydrogen) atoms. The fourth-order valence-electron chi connectivity index (χ4n) is 10.5. The van der Waals surface area contributed by atoms with Crippen LogP contribution < -0.4 is 25.7 Å². The number of phenolic OH excluding ortho intramolecular Hbond substituents is 1. The molecule has 0 radical (unpaired) electrons. The smallest absolute Gasteiger partial charge is 0.341 e. The number of halogens is 1. The predicted molar refractivity (Wildman–Crippen MR) is 265 cm³/mol. The minimum atomic E-state index is -2.19.